The van der Waals surface area contributed by atoms with Gasteiger partial charge in [-0.2, -0.15) is 13.2 Å². The van der Waals surface area contributed by atoms with Crippen molar-refractivity contribution in [3.05, 3.63) is 59.7 Å². The second-order valence-electron chi connectivity index (χ2n) is 9.71. The van der Waals surface area contributed by atoms with Crippen molar-refractivity contribution in [2.75, 3.05) is 24.2 Å². The van der Waals surface area contributed by atoms with E-state index in [2.05, 4.69) is 5.32 Å². The maximum atomic E-state index is 13.6. The van der Waals surface area contributed by atoms with Gasteiger partial charge in [0, 0.05) is 12.6 Å². The highest BCUT2D eigenvalue weighted by molar-refractivity contribution is 7.92. The molecule has 0 saturated heterocycles. The van der Waals surface area contributed by atoms with E-state index in [-0.39, 0.29) is 24.2 Å². The minimum absolute atomic E-state index is 0.00994. The van der Waals surface area contributed by atoms with Crippen molar-refractivity contribution in [2.24, 2.45) is 0 Å². The summed E-state index contributed by atoms with van der Waals surface area (Å²) >= 11 is 0. The van der Waals surface area contributed by atoms with Crippen LogP contribution in [0.4, 0.5) is 18.9 Å². The minimum Gasteiger partial charge on any atom is -0.497 e. The zero-order valence-electron chi connectivity index (χ0n) is 22.2. The number of rotatable bonds is 10. The number of nitrogens with zero attached hydrogens (tertiary/aromatic N) is 2. The fraction of sp³-hybridized carbons (Fsp3) is 0.481. The molecule has 0 radical (unpaired) electrons. The van der Waals surface area contributed by atoms with Gasteiger partial charge < -0.3 is 15.0 Å². The molecule has 0 spiro atoms. The summed E-state index contributed by atoms with van der Waals surface area (Å²) < 4.78 is 71.0. The largest absolute Gasteiger partial charge is 0.497 e. The van der Waals surface area contributed by atoms with Gasteiger partial charge in [0.2, 0.25) is 21.8 Å². The van der Waals surface area contributed by atoms with Crippen LogP contribution in [0, 0.1) is 0 Å². The predicted octanol–water partition coefficient (Wildman–Crippen LogP) is 4.35. The van der Waals surface area contributed by atoms with Gasteiger partial charge in [-0.05, 0) is 55.7 Å². The highest BCUT2D eigenvalue weighted by Gasteiger charge is 2.34. The Labute approximate surface area is 227 Å². The number of benzene rings is 2. The smallest absolute Gasteiger partial charge is 0.416 e. The number of hydrogen-bond acceptors (Lipinski definition) is 5. The van der Waals surface area contributed by atoms with Gasteiger partial charge in [0.1, 0.15) is 18.3 Å². The molecule has 2 amide bonds. The molecule has 0 aliphatic heterocycles. The molecule has 0 heterocycles. The van der Waals surface area contributed by atoms with Gasteiger partial charge >= 0.3 is 6.18 Å². The average Bonchev–Trinajstić information content (AvgIpc) is 2.89. The first-order valence-corrected chi connectivity index (χ1v) is 14.5. The van der Waals surface area contributed by atoms with Crippen molar-refractivity contribution in [3.63, 3.8) is 0 Å². The van der Waals surface area contributed by atoms with Crippen molar-refractivity contribution in [1.29, 1.82) is 0 Å². The van der Waals surface area contributed by atoms with Gasteiger partial charge in [-0.3, -0.25) is 13.9 Å². The lowest BCUT2D eigenvalue weighted by atomic mass is 9.95. The number of amides is 2. The summed E-state index contributed by atoms with van der Waals surface area (Å²) in [7, 11) is -2.65. The fourth-order valence-electron chi connectivity index (χ4n) is 4.53. The summed E-state index contributed by atoms with van der Waals surface area (Å²) in [4.78, 5) is 28.0. The summed E-state index contributed by atoms with van der Waals surface area (Å²) in [5.74, 6) is -0.527. The van der Waals surface area contributed by atoms with Crippen molar-refractivity contribution >= 4 is 27.5 Å². The average molecular weight is 570 g/mol. The normalized spacial score (nSPS) is 15.3. The molecule has 39 heavy (non-hydrogen) atoms. The first-order chi connectivity index (χ1) is 18.3. The number of carbonyl (C=O) groups excluding carboxylic acids is 2. The Bertz CT molecular complexity index is 1250. The number of methoxy groups -OCH3 is 1. The number of anilines is 1. The lowest BCUT2D eigenvalue weighted by Crippen LogP contribution is -2.53. The van der Waals surface area contributed by atoms with E-state index < -0.39 is 40.3 Å². The van der Waals surface area contributed by atoms with E-state index in [0.717, 1.165) is 50.5 Å². The van der Waals surface area contributed by atoms with Crippen LogP contribution >= 0.6 is 0 Å². The Morgan fingerprint density at radius 3 is 2.28 bits per heavy atom. The number of alkyl halides is 3. The van der Waals surface area contributed by atoms with Crippen LogP contribution in [0.1, 0.15) is 50.2 Å². The van der Waals surface area contributed by atoms with E-state index in [1.165, 1.54) is 18.1 Å². The number of ether oxygens (including phenoxy) is 1. The summed E-state index contributed by atoms with van der Waals surface area (Å²) in [6.07, 6.45) is 0.872. The molecule has 0 bridgehead atoms. The quantitative estimate of drug-likeness (QED) is 0.459. The third kappa shape index (κ3) is 8.35. The Kier molecular flexibility index (Phi) is 9.87. The van der Waals surface area contributed by atoms with Gasteiger partial charge in [-0.25, -0.2) is 8.42 Å². The maximum absolute atomic E-state index is 13.6. The molecule has 1 saturated carbocycles. The summed E-state index contributed by atoms with van der Waals surface area (Å²) in [5.41, 5.74) is -0.688. The van der Waals surface area contributed by atoms with Crippen LogP contribution < -0.4 is 14.4 Å². The molecule has 1 fully saturated rings. The van der Waals surface area contributed by atoms with Crippen LogP contribution in [0.15, 0.2) is 48.5 Å². The van der Waals surface area contributed by atoms with E-state index in [0.29, 0.717) is 21.7 Å². The SMILES string of the molecule is COc1ccc(CN(C(=O)CN(c2cccc(C(F)(F)F)c2)S(C)(=O)=O)C(C)C(=O)NC2CCCCC2)cc1. The van der Waals surface area contributed by atoms with Gasteiger partial charge in [-0.15, -0.1) is 0 Å². The maximum Gasteiger partial charge on any atom is 0.416 e. The van der Waals surface area contributed by atoms with E-state index in [9.17, 15) is 31.2 Å². The molecule has 8 nitrogen and oxygen atoms in total. The predicted molar refractivity (Wildman–Crippen MR) is 142 cm³/mol. The molecule has 1 aliphatic rings. The lowest BCUT2D eigenvalue weighted by molar-refractivity contribution is -0.139. The van der Waals surface area contributed by atoms with Gasteiger partial charge in [0.15, 0.2) is 0 Å². The Morgan fingerprint density at radius 2 is 1.72 bits per heavy atom. The topological polar surface area (TPSA) is 96.0 Å². The molecule has 12 heteroatoms. The highest BCUT2D eigenvalue weighted by atomic mass is 32.2. The second-order valence-corrected chi connectivity index (χ2v) is 11.6. The Balaban J connectivity index is 1.90. The molecule has 1 aliphatic carbocycles. The number of carbonyl (C=O) groups is 2. The van der Waals surface area contributed by atoms with E-state index in [1.807, 2.05) is 0 Å². The molecule has 0 aromatic heterocycles. The number of nitrogens with one attached hydrogen (secondary N) is 1. The van der Waals surface area contributed by atoms with Gasteiger partial charge in [-0.1, -0.05) is 37.5 Å². The molecule has 1 atom stereocenters. The molecular formula is C27H34F3N3O5S. The van der Waals surface area contributed by atoms with E-state index in [1.54, 1.807) is 31.2 Å². The number of halogens is 3. The van der Waals surface area contributed by atoms with Crippen molar-refractivity contribution in [2.45, 2.75) is 63.8 Å². The molecular weight excluding hydrogens is 535 g/mol. The first-order valence-electron chi connectivity index (χ1n) is 12.7. The molecule has 2 aromatic rings. The standard InChI is InChI=1S/C27H34F3N3O5S/c1-19(26(35)31-22-9-5-4-6-10-22)32(17-20-12-14-24(38-2)15-13-20)25(34)18-33(39(3,36)37)23-11-7-8-21(16-23)27(28,29)30/h7-8,11-16,19,22H,4-6,9-10,17-18H2,1-3H3,(H,31,35). The molecule has 1 unspecified atom stereocenters. The third-order valence-electron chi connectivity index (χ3n) is 6.77. The molecule has 3 rings (SSSR count). The Morgan fingerprint density at radius 1 is 1.08 bits per heavy atom. The first kappa shape index (κ1) is 30.3. The van der Waals surface area contributed by atoms with E-state index >= 15 is 0 Å². The number of sulfonamides is 1. The van der Waals surface area contributed by atoms with Crippen molar-refractivity contribution < 1.29 is 35.9 Å². The highest BCUT2D eigenvalue weighted by Crippen LogP contribution is 2.32. The Hall–Kier alpha value is -3.28. The van der Waals surface area contributed by atoms with Crippen LogP contribution in [0.3, 0.4) is 0 Å². The summed E-state index contributed by atoms with van der Waals surface area (Å²) in [6.45, 7) is 0.744. The van der Waals surface area contributed by atoms with Gasteiger partial charge in [0.05, 0.1) is 24.6 Å². The molecule has 1 N–H and O–H groups in total. The zero-order valence-corrected chi connectivity index (χ0v) is 23.0. The van der Waals surface area contributed by atoms with Crippen molar-refractivity contribution in [3.8, 4) is 5.75 Å². The fourth-order valence-corrected chi connectivity index (χ4v) is 5.37. The summed E-state index contributed by atoms with van der Waals surface area (Å²) in [5, 5.41) is 2.99. The second kappa shape index (κ2) is 12.7. The lowest BCUT2D eigenvalue weighted by Gasteiger charge is -2.33. The minimum atomic E-state index is -4.70. The van der Waals surface area contributed by atoms with Crippen LogP contribution in [-0.2, 0) is 32.3 Å². The third-order valence-corrected chi connectivity index (χ3v) is 7.91. The van der Waals surface area contributed by atoms with Gasteiger partial charge in [0.25, 0.3) is 0 Å². The monoisotopic (exact) mass is 569 g/mol. The molecule has 214 valence electrons. The summed E-state index contributed by atoms with van der Waals surface area (Å²) in [6, 6.07) is 9.60. The van der Waals surface area contributed by atoms with Crippen LogP contribution in [-0.4, -0.2) is 57.1 Å². The van der Waals surface area contributed by atoms with Crippen LogP contribution in [0.2, 0.25) is 0 Å². The van der Waals surface area contributed by atoms with E-state index in [4.69, 9.17) is 4.74 Å². The van der Waals surface area contributed by atoms with Crippen LogP contribution in [0.5, 0.6) is 5.75 Å². The zero-order chi connectivity index (χ0) is 28.8. The van der Waals surface area contributed by atoms with Crippen molar-refractivity contribution in [1.82, 2.24) is 10.2 Å². The number of hydrogen-bond donors (Lipinski definition) is 1. The molecule has 2 aromatic carbocycles. The van der Waals surface area contributed by atoms with Crippen LogP contribution in [0.25, 0.3) is 0 Å².